The minimum atomic E-state index is -0.0874. The molecule has 0 aliphatic rings. The summed E-state index contributed by atoms with van der Waals surface area (Å²) in [6.45, 7) is 2.16. The van der Waals surface area contributed by atoms with Crippen LogP contribution in [0, 0.1) is 0 Å². The largest absolute Gasteiger partial charge is 0.497 e. The van der Waals surface area contributed by atoms with Crippen molar-refractivity contribution >= 4 is 27.3 Å². The van der Waals surface area contributed by atoms with Crippen LogP contribution in [0.25, 0.3) is 0 Å². The van der Waals surface area contributed by atoms with Crippen molar-refractivity contribution in [3.63, 3.8) is 0 Å². The maximum atomic E-state index is 6.32. The molecule has 2 aromatic rings. The van der Waals surface area contributed by atoms with Crippen LogP contribution in [0.1, 0.15) is 28.3 Å². The number of rotatable bonds is 4. The molecule has 1 aromatic heterocycles. The highest BCUT2D eigenvalue weighted by Gasteiger charge is 2.14. The molecule has 1 unspecified atom stereocenters. The minimum absolute atomic E-state index is 0.0874. The lowest BCUT2D eigenvalue weighted by atomic mass is 10.1. The van der Waals surface area contributed by atoms with Crippen LogP contribution in [-0.2, 0) is 6.42 Å². The summed E-state index contributed by atoms with van der Waals surface area (Å²) in [7, 11) is 1.66. The third-order valence-corrected chi connectivity index (χ3v) is 4.88. The van der Waals surface area contributed by atoms with Gasteiger partial charge in [-0.25, -0.2) is 0 Å². The first-order chi connectivity index (χ1) is 8.65. The molecule has 18 heavy (non-hydrogen) atoms. The van der Waals surface area contributed by atoms with Gasteiger partial charge in [-0.05, 0) is 36.2 Å². The van der Waals surface area contributed by atoms with Crippen molar-refractivity contribution in [1.82, 2.24) is 0 Å². The highest BCUT2D eigenvalue weighted by Crippen LogP contribution is 2.33. The molecule has 0 saturated carbocycles. The Morgan fingerprint density at radius 3 is 2.67 bits per heavy atom. The van der Waals surface area contributed by atoms with E-state index >= 15 is 0 Å². The highest BCUT2D eigenvalue weighted by molar-refractivity contribution is 9.10. The summed E-state index contributed by atoms with van der Waals surface area (Å²) >= 11 is 5.33. The standard InChI is InChI=1S/C14H16BrNOS/c1-3-10-5-7-13(18-10)14(16)11-6-4-9(17-2)8-12(11)15/h4-8,14H,3,16H2,1-2H3. The number of halogens is 1. The average Bonchev–Trinajstić information content (AvgIpc) is 2.86. The van der Waals surface area contributed by atoms with E-state index in [2.05, 4.69) is 35.0 Å². The second-order valence-electron chi connectivity index (χ2n) is 4.02. The Hall–Kier alpha value is -0.840. The lowest BCUT2D eigenvalue weighted by Crippen LogP contribution is -2.10. The first-order valence-corrected chi connectivity index (χ1v) is 7.44. The third kappa shape index (κ3) is 2.76. The van der Waals surface area contributed by atoms with Gasteiger partial charge < -0.3 is 10.5 Å². The van der Waals surface area contributed by atoms with Crippen molar-refractivity contribution in [1.29, 1.82) is 0 Å². The molecule has 4 heteroatoms. The summed E-state index contributed by atoms with van der Waals surface area (Å²) in [5.41, 5.74) is 7.40. The van der Waals surface area contributed by atoms with Crippen molar-refractivity contribution in [2.24, 2.45) is 5.73 Å². The van der Waals surface area contributed by atoms with Gasteiger partial charge in [0.05, 0.1) is 13.2 Å². The average molecular weight is 326 g/mol. The monoisotopic (exact) mass is 325 g/mol. The zero-order valence-corrected chi connectivity index (χ0v) is 12.8. The van der Waals surface area contributed by atoms with Crippen LogP contribution in [0.2, 0.25) is 0 Å². The first-order valence-electron chi connectivity index (χ1n) is 5.83. The molecule has 2 N–H and O–H groups in total. The summed E-state index contributed by atoms with van der Waals surface area (Å²) in [4.78, 5) is 2.56. The van der Waals surface area contributed by atoms with Crippen LogP contribution < -0.4 is 10.5 Å². The molecule has 2 nitrogen and oxygen atoms in total. The number of hydrogen-bond donors (Lipinski definition) is 1. The van der Waals surface area contributed by atoms with Gasteiger partial charge in [-0.2, -0.15) is 0 Å². The summed E-state index contributed by atoms with van der Waals surface area (Å²) in [5, 5.41) is 0. The molecule has 0 amide bonds. The molecule has 0 radical (unpaired) electrons. The summed E-state index contributed by atoms with van der Waals surface area (Å²) in [6, 6.07) is 10.1. The van der Waals surface area contributed by atoms with Gasteiger partial charge in [-0.3, -0.25) is 0 Å². The minimum Gasteiger partial charge on any atom is -0.497 e. The molecule has 1 heterocycles. The molecule has 1 aromatic carbocycles. The molecule has 2 rings (SSSR count). The van der Waals surface area contributed by atoms with Gasteiger partial charge in [0.2, 0.25) is 0 Å². The second kappa shape index (κ2) is 5.87. The summed E-state index contributed by atoms with van der Waals surface area (Å²) in [5.74, 6) is 0.832. The molecule has 0 aliphatic carbocycles. The van der Waals surface area contributed by atoms with Crippen LogP contribution in [0.15, 0.2) is 34.8 Å². The quantitative estimate of drug-likeness (QED) is 0.917. The number of benzene rings is 1. The van der Waals surface area contributed by atoms with Gasteiger partial charge in [0, 0.05) is 14.2 Å². The van der Waals surface area contributed by atoms with E-state index in [1.165, 1.54) is 9.75 Å². The zero-order valence-electron chi connectivity index (χ0n) is 10.4. The van der Waals surface area contributed by atoms with Crippen molar-refractivity contribution in [2.45, 2.75) is 19.4 Å². The van der Waals surface area contributed by atoms with Gasteiger partial charge in [-0.15, -0.1) is 11.3 Å². The number of hydrogen-bond acceptors (Lipinski definition) is 3. The normalized spacial score (nSPS) is 12.4. The fraction of sp³-hybridized carbons (Fsp3) is 0.286. The molecule has 0 saturated heterocycles. The fourth-order valence-corrected chi connectivity index (χ4v) is 3.37. The second-order valence-corrected chi connectivity index (χ2v) is 6.08. The van der Waals surface area contributed by atoms with Crippen molar-refractivity contribution in [2.75, 3.05) is 7.11 Å². The Morgan fingerprint density at radius 1 is 1.33 bits per heavy atom. The number of aryl methyl sites for hydroxylation is 1. The maximum absolute atomic E-state index is 6.32. The Morgan fingerprint density at radius 2 is 2.11 bits per heavy atom. The van der Waals surface area contributed by atoms with E-state index in [0.717, 1.165) is 22.2 Å². The van der Waals surface area contributed by atoms with E-state index in [4.69, 9.17) is 10.5 Å². The molecule has 0 fully saturated rings. The van der Waals surface area contributed by atoms with Gasteiger partial charge in [-0.1, -0.05) is 28.9 Å². The summed E-state index contributed by atoms with van der Waals surface area (Å²) in [6.07, 6.45) is 1.06. The van der Waals surface area contributed by atoms with E-state index in [1.807, 2.05) is 18.2 Å². The van der Waals surface area contributed by atoms with E-state index in [-0.39, 0.29) is 6.04 Å². The van der Waals surface area contributed by atoms with E-state index < -0.39 is 0 Å². The van der Waals surface area contributed by atoms with Gasteiger partial charge in [0.1, 0.15) is 5.75 Å². The number of thiophene rings is 1. The fourth-order valence-electron chi connectivity index (χ4n) is 1.79. The zero-order chi connectivity index (χ0) is 13.1. The van der Waals surface area contributed by atoms with Gasteiger partial charge >= 0.3 is 0 Å². The van der Waals surface area contributed by atoms with Crippen molar-refractivity contribution in [3.05, 3.63) is 50.1 Å². The Kier molecular flexibility index (Phi) is 4.43. The van der Waals surface area contributed by atoms with E-state index in [0.29, 0.717) is 0 Å². The van der Waals surface area contributed by atoms with Crippen LogP contribution in [-0.4, -0.2) is 7.11 Å². The van der Waals surface area contributed by atoms with Crippen molar-refractivity contribution in [3.8, 4) is 5.75 Å². The lowest BCUT2D eigenvalue weighted by Gasteiger charge is -2.13. The van der Waals surface area contributed by atoms with Crippen LogP contribution in [0.5, 0.6) is 5.75 Å². The first kappa shape index (κ1) is 13.6. The van der Waals surface area contributed by atoms with Gasteiger partial charge in [0.25, 0.3) is 0 Å². The molecule has 0 aliphatic heterocycles. The predicted molar refractivity (Wildman–Crippen MR) is 80.4 cm³/mol. The summed E-state index contributed by atoms with van der Waals surface area (Å²) < 4.78 is 6.18. The van der Waals surface area contributed by atoms with Crippen LogP contribution >= 0.6 is 27.3 Å². The smallest absolute Gasteiger partial charge is 0.120 e. The Bertz CT molecular complexity index is 538. The maximum Gasteiger partial charge on any atom is 0.120 e. The van der Waals surface area contributed by atoms with Crippen LogP contribution in [0.4, 0.5) is 0 Å². The molecule has 0 bridgehead atoms. The number of nitrogens with two attached hydrogens (primary N) is 1. The SMILES string of the molecule is CCc1ccc(C(N)c2ccc(OC)cc2Br)s1. The van der Waals surface area contributed by atoms with E-state index in [1.54, 1.807) is 18.4 Å². The number of ether oxygens (including phenoxy) is 1. The van der Waals surface area contributed by atoms with Crippen LogP contribution in [0.3, 0.4) is 0 Å². The molecule has 1 atom stereocenters. The molecule has 0 spiro atoms. The highest BCUT2D eigenvalue weighted by atomic mass is 79.9. The number of methoxy groups -OCH3 is 1. The molecular weight excluding hydrogens is 310 g/mol. The Balaban J connectivity index is 2.30. The molecule has 96 valence electrons. The van der Waals surface area contributed by atoms with Gasteiger partial charge in [0.15, 0.2) is 0 Å². The molecular formula is C14H16BrNOS. The van der Waals surface area contributed by atoms with Crippen molar-refractivity contribution < 1.29 is 4.74 Å². The topological polar surface area (TPSA) is 35.2 Å². The van der Waals surface area contributed by atoms with E-state index in [9.17, 15) is 0 Å². The predicted octanol–water partition coefficient (Wildman–Crippen LogP) is 4.13. The third-order valence-electron chi connectivity index (χ3n) is 2.88. The lowest BCUT2D eigenvalue weighted by molar-refractivity contribution is 0.414. The Labute approximate surface area is 120 Å².